The molecule has 1 aromatic carbocycles. The summed E-state index contributed by atoms with van der Waals surface area (Å²) in [4.78, 5) is 10.6. The van der Waals surface area contributed by atoms with Gasteiger partial charge in [0, 0.05) is 0 Å². The van der Waals surface area contributed by atoms with E-state index in [2.05, 4.69) is 0 Å². The Morgan fingerprint density at radius 1 is 1.33 bits per heavy atom. The van der Waals surface area contributed by atoms with Crippen molar-refractivity contribution in [3.63, 3.8) is 0 Å². The van der Waals surface area contributed by atoms with E-state index in [-0.39, 0.29) is 0 Å². The molecule has 0 saturated carbocycles. The first-order valence-electron chi connectivity index (χ1n) is 3.91. The highest BCUT2D eigenvalue weighted by molar-refractivity contribution is 6.60. The zero-order valence-electron chi connectivity index (χ0n) is 7.36. The van der Waals surface area contributed by atoms with Crippen molar-refractivity contribution in [2.75, 3.05) is 0 Å². The summed E-state index contributed by atoms with van der Waals surface area (Å²) in [5.74, 6) is -1.06. The van der Waals surface area contributed by atoms with Crippen LogP contribution in [-0.2, 0) is 4.79 Å². The number of benzene rings is 1. The summed E-state index contributed by atoms with van der Waals surface area (Å²) >= 11 is 16.6. The highest BCUT2D eigenvalue weighted by Crippen LogP contribution is 2.31. The Bertz CT molecular complexity index is 340. The van der Waals surface area contributed by atoms with Crippen LogP contribution in [0, 0.1) is 0 Å². The summed E-state index contributed by atoms with van der Waals surface area (Å²) in [7, 11) is 0. The summed E-state index contributed by atoms with van der Waals surface area (Å²) in [6.07, 6.45) is 0. The van der Waals surface area contributed by atoms with E-state index in [1.807, 2.05) is 0 Å². The molecule has 6 heteroatoms. The van der Waals surface area contributed by atoms with Gasteiger partial charge in [-0.25, -0.2) is 4.79 Å². The van der Waals surface area contributed by atoms with Gasteiger partial charge in [-0.05, 0) is 12.1 Å². The second kappa shape index (κ2) is 4.92. The fourth-order valence-corrected chi connectivity index (χ4v) is 1.07. The standard InChI is InChI=1S/C9H7Cl3O3/c10-7(9(11,12)8(13)14)15-6-4-2-1-3-5-6/h1-5,7H,(H,13,14). The molecule has 1 atom stereocenters. The number of aliphatic carboxylic acids is 1. The number of carboxylic acids is 1. The van der Waals surface area contributed by atoms with Crippen molar-refractivity contribution in [1.29, 1.82) is 0 Å². The number of para-hydroxylation sites is 1. The van der Waals surface area contributed by atoms with Crippen LogP contribution >= 0.6 is 34.8 Å². The molecular formula is C9H7Cl3O3. The molecule has 0 fully saturated rings. The Balaban J connectivity index is 2.72. The van der Waals surface area contributed by atoms with Crippen LogP contribution in [0.15, 0.2) is 30.3 Å². The molecule has 1 unspecified atom stereocenters. The summed E-state index contributed by atoms with van der Waals surface area (Å²) in [5, 5.41) is 8.66. The zero-order chi connectivity index (χ0) is 11.5. The minimum atomic E-state index is -2.18. The Hall–Kier alpha value is -0.640. The van der Waals surface area contributed by atoms with E-state index >= 15 is 0 Å². The van der Waals surface area contributed by atoms with Crippen molar-refractivity contribution in [3.8, 4) is 5.75 Å². The third-order valence-corrected chi connectivity index (χ3v) is 2.91. The normalized spacial score (nSPS) is 13.3. The lowest BCUT2D eigenvalue weighted by atomic mass is 10.3. The maximum atomic E-state index is 10.6. The van der Waals surface area contributed by atoms with Crippen LogP contribution in [0.2, 0.25) is 0 Å². The summed E-state index contributed by atoms with van der Waals surface area (Å²) in [6, 6.07) is 8.43. The molecule has 0 spiro atoms. The molecule has 0 heterocycles. The minimum absolute atomic E-state index is 0.393. The van der Waals surface area contributed by atoms with Gasteiger partial charge in [0.25, 0.3) is 4.33 Å². The lowest BCUT2D eigenvalue weighted by Crippen LogP contribution is -2.39. The number of carbonyl (C=O) groups is 1. The molecule has 82 valence electrons. The molecule has 0 bridgehead atoms. The number of ether oxygens (including phenoxy) is 1. The zero-order valence-corrected chi connectivity index (χ0v) is 9.63. The van der Waals surface area contributed by atoms with Crippen LogP contribution in [0.4, 0.5) is 0 Å². The molecule has 0 aliphatic carbocycles. The van der Waals surface area contributed by atoms with Gasteiger partial charge in [0.15, 0.2) is 0 Å². The molecule has 15 heavy (non-hydrogen) atoms. The Morgan fingerprint density at radius 3 is 2.33 bits per heavy atom. The molecule has 0 radical (unpaired) electrons. The number of hydrogen-bond donors (Lipinski definition) is 1. The van der Waals surface area contributed by atoms with E-state index in [9.17, 15) is 4.79 Å². The Kier molecular flexibility index (Phi) is 4.08. The van der Waals surface area contributed by atoms with Gasteiger partial charge in [-0.15, -0.1) is 0 Å². The summed E-state index contributed by atoms with van der Waals surface area (Å²) in [6.45, 7) is 0. The lowest BCUT2D eigenvalue weighted by Gasteiger charge is -2.21. The molecule has 0 aliphatic rings. The van der Waals surface area contributed by atoms with Gasteiger partial charge in [0.2, 0.25) is 5.56 Å². The second-order valence-electron chi connectivity index (χ2n) is 2.68. The quantitative estimate of drug-likeness (QED) is 0.855. The van der Waals surface area contributed by atoms with Crippen LogP contribution in [0.3, 0.4) is 0 Å². The Labute approximate surface area is 102 Å². The third kappa shape index (κ3) is 3.16. The van der Waals surface area contributed by atoms with E-state index < -0.39 is 15.9 Å². The SMILES string of the molecule is O=C(O)C(Cl)(Cl)C(Cl)Oc1ccccc1. The Morgan fingerprint density at radius 2 is 1.87 bits per heavy atom. The lowest BCUT2D eigenvalue weighted by molar-refractivity contribution is -0.138. The van der Waals surface area contributed by atoms with Gasteiger partial charge in [0.1, 0.15) is 5.75 Å². The predicted octanol–water partition coefficient (Wildman–Crippen LogP) is 2.89. The number of alkyl halides is 3. The van der Waals surface area contributed by atoms with E-state index in [1.165, 1.54) is 0 Å². The maximum Gasteiger partial charge on any atom is 0.345 e. The van der Waals surface area contributed by atoms with Gasteiger partial charge in [0.05, 0.1) is 0 Å². The number of rotatable bonds is 4. The monoisotopic (exact) mass is 268 g/mol. The first kappa shape index (κ1) is 12.4. The minimum Gasteiger partial charge on any atom is -0.479 e. The van der Waals surface area contributed by atoms with Gasteiger partial charge in [-0.2, -0.15) is 0 Å². The maximum absolute atomic E-state index is 10.6. The van der Waals surface area contributed by atoms with Gasteiger partial charge in [-0.1, -0.05) is 53.0 Å². The second-order valence-corrected chi connectivity index (χ2v) is 4.46. The smallest absolute Gasteiger partial charge is 0.345 e. The van der Waals surface area contributed by atoms with Crippen molar-refractivity contribution < 1.29 is 14.6 Å². The number of halogens is 3. The van der Waals surface area contributed by atoms with Crippen molar-refractivity contribution >= 4 is 40.8 Å². The largest absolute Gasteiger partial charge is 0.479 e. The van der Waals surface area contributed by atoms with Crippen molar-refractivity contribution in [1.82, 2.24) is 0 Å². The first-order chi connectivity index (χ1) is 6.94. The molecule has 1 rings (SSSR count). The van der Waals surface area contributed by atoms with E-state index in [0.717, 1.165) is 0 Å². The fourth-order valence-electron chi connectivity index (χ4n) is 0.790. The molecular weight excluding hydrogens is 262 g/mol. The highest BCUT2D eigenvalue weighted by Gasteiger charge is 2.43. The predicted molar refractivity (Wildman–Crippen MR) is 58.8 cm³/mol. The molecule has 0 aliphatic heterocycles. The first-order valence-corrected chi connectivity index (χ1v) is 5.11. The molecule has 0 saturated heterocycles. The highest BCUT2D eigenvalue weighted by atomic mass is 35.5. The molecule has 0 amide bonds. The molecule has 1 N–H and O–H groups in total. The van der Waals surface area contributed by atoms with Gasteiger partial charge < -0.3 is 9.84 Å². The number of carboxylic acid groups (broad SMARTS) is 1. The molecule has 3 nitrogen and oxygen atoms in total. The van der Waals surface area contributed by atoms with Crippen molar-refractivity contribution in [2.45, 2.75) is 9.90 Å². The van der Waals surface area contributed by atoms with Crippen LogP contribution in [-0.4, -0.2) is 21.0 Å². The van der Waals surface area contributed by atoms with Gasteiger partial charge in [-0.3, -0.25) is 0 Å². The molecule has 0 aromatic heterocycles. The van der Waals surface area contributed by atoms with Gasteiger partial charge >= 0.3 is 5.97 Å². The van der Waals surface area contributed by atoms with Crippen LogP contribution < -0.4 is 4.74 Å². The van der Waals surface area contributed by atoms with Crippen LogP contribution in [0.5, 0.6) is 5.75 Å². The van der Waals surface area contributed by atoms with E-state index in [4.69, 9.17) is 44.6 Å². The number of hydrogen-bond acceptors (Lipinski definition) is 2. The average Bonchev–Trinajstić information content (AvgIpc) is 2.18. The van der Waals surface area contributed by atoms with Crippen LogP contribution in [0.25, 0.3) is 0 Å². The van der Waals surface area contributed by atoms with Crippen molar-refractivity contribution in [2.24, 2.45) is 0 Å². The average molecular weight is 270 g/mol. The van der Waals surface area contributed by atoms with Crippen LogP contribution in [0.1, 0.15) is 0 Å². The fraction of sp³-hybridized carbons (Fsp3) is 0.222. The van der Waals surface area contributed by atoms with E-state index in [0.29, 0.717) is 5.75 Å². The molecule has 1 aromatic rings. The van der Waals surface area contributed by atoms with Crippen molar-refractivity contribution in [3.05, 3.63) is 30.3 Å². The topological polar surface area (TPSA) is 46.5 Å². The summed E-state index contributed by atoms with van der Waals surface area (Å²) < 4.78 is 2.88. The van der Waals surface area contributed by atoms with E-state index in [1.54, 1.807) is 30.3 Å². The third-order valence-electron chi connectivity index (χ3n) is 1.55. The summed E-state index contributed by atoms with van der Waals surface area (Å²) in [5.41, 5.74) is -1.37.